The highest BCUT2D eigenvalue weighted by molar-refractivity contribution is 7.98. The Morgan fingerprint density at radius 2 is 1.67 bits per heavy atom. The normalized spacial score (nSPS) is 11.6. The van der Waals surface area contributed by atoms with Crippen molar-refractivity contribution in [2.75, 3.05) is 7.11 Å². The number of thioether (sulfide) groups is 1. The number of rotatable bonds is 6. The Labute approximate surface area is 137 Å². The molecule has 2 nitrogen and oxygen atoms in total. The van der Waals surface area contributed by atoms with E-state index in [2.05, 4.69) is 43.3 Å². The number of hydrogen-bond acceptors (Lipinski definition) is 3. The fourth-order valence-electron chi connectivity index (χ4n) is 1.94. The van der Waals surface area contributed by atoms with Gasteiger partial charge in [-0.1, -0.05) is 31.2 Å². The van der Waals surface area contributed by atoms with Crippen molar-refractivity contribution in [3.63, 3.8) is 0 Å². The molecule has 2 aromatic rings. The fourth-order valence-corrected chi connectivity index (χ4v) is 2.79. The summed E-state index contributed by atoms with van der Waals surface area (Å²) in [5.74, 6) is 1.86. The third kappa shape index (κ3) is 5.27. The zero-order valence-electron chi connectivity index (χ0n) is 12.4. The highest BCUT2D eigenvalue weighted by Crippen LogP contribution is 2.25. The molecule has 1 atom stereocenters. The summed E-state index contributed by atoms with van der Waals surface area (Å²) in [4.78, 5) is 1.27. The smallest absolute Gasteiger partial charge is 0.118 e. The van der Waals surface area contributed by atoms with Crippen LogP contribution in [0.25, 0.3) is 0 Å². The standard InChI is InChI=1S/C17H21NOS.ClH/c1-3-17(18)14-6-10-16(11-7-14)20-12-13-4-8-15(19-2)9-5-13;/h4-11,17H,3,12,18H2,1-2H3;1H. The van der Waals surface area contributed by atoms with Crippen LogP contribution in [0.3, 0.4) is 0 Å². The minimum absolute atomic E-state index is 0. The molecule has 0 heterocycles. The first kappa shape index (κ1) is 17.9. The highest BCUT2D eigenvalue weighted by atomic mass is 35.5. The Morgan fingerprint density at radius 1 is 1.05 bits per heavy atom. The van der Waals surface area contributed by atoms with Gasteiger partial charge in [0.05, 0.1) is 7.11 Å². The van der Waals surface area contributed by atoms with Crippen molar-refractivity contribution >= 4 is 24.2 Å². The molecule has 0 aliphatic carbocycles. The van der Waals surface area contributed by atoms with Gasteiger partial charge in [-0.15, -0.1) is 24.2 Å². The number of halogens is 1. The lowest BCUT2D eigenvalue weighted by molar-refractivity contribution is 0.414. The van der Waals surface area contributed by atoms with Crippen LogP contribution in [0.5, 0.6) is 5.75 Å². The number of nitrogens with two attached hydrogens (primary N) is 1. The van der Waals surface area contributed by atoms with Crippen LogP contribution >= 0.6 is 24.2 Å². The van der Waals surface area contributed by atoms with Crippen LogP contribution in [-0.2, 0) is 5.75 Å². The van der Waals surface area contributed by atoms with Crippen molar-refractivity contribution in [1.29, 1.82) is 0 Å². The van der Waals surface area contributed by atoms with Crippen LogP contribution in [0.15, 0.2) is 53.4 Å². The Kier molecular flexibility index (Phi) is 7.65. The van der Waals surface area contributed by atoms with Crippen molar-refractivity contribution in [2.24, 2.45) is 5.73 Å². The van der Waals surface area contributed by atoms with Crippen molar-refractivity contribution in [1.82, 2.24) is 0 Å². The second-order valence-electron chi connectivity index (χ2n) is 4.72. The van der Waals surface area contributed by atoms with Crippen LogP contribution in [-0.4, -0.2) is 7.11 Å². The Balaban J connectivity index is 0.00000220. The summed E-state index contributed by atoms with van der Waals surface area (Å²) in [6, 6.07) is 16.9. The van der Waals surface area contributed by atoms with Gasteiger partial charge < -0.3 is 10.5 Å². The first-order valence-electron chi connectivity index (χ1n) is 6.84. The van der Waals surface area contributed by atoms with Crippen LogP contribution in [0, 0.1) is 0 Å². The fraction of sp³-hybridized carbons (Fsp3) is 0.294. The van der Waals surface area contributed by atoms with Crippen molar-refractivity contribution in [3.05, 3.63) is 59.7 Å². The molecule has 0 saturated carbocycles. The molecular formula is C17H22ClNOS. The lowest BCUT2D eigenvalue weighted by Gasteiger charge is -2.10. The first-order chi connectivity index (χ1) is 9.72. The second-order valence-corrected chi connectivity index (χ2v) is 5.77. The molecule has 2 rings (SSSR count). The van der Waals surface area contributed by atoms with E-state index in [1.807, 2.05) is 23.9 Å². The van der Waals surface area contributed by atoms with E-state index >= 15 is 0 Å². The summed E-state index contributed by atoms with van der Waals surface area (Å²) in [5.41, 5.74) is 8.52. The molecule has 2 N–H and O–H groups in total. The zero-order chi connectivity index (χ0) is 14.4. The maximum absolute atomic E-state index is 6.02. The molecule has 0 radical (unpaired) electrons. The predicted octanol–water partition coefficient (Wildman–Crippen LogP) is 4.82. The first-order valence-corrected chi connectivity index (χ1v) is 7.82. The van der Waals surface area contributed by atoms with Crippen LogP contribution in [0.2, 0.25) is 0 Å². The van der Waals surface area contributed by atoms with Crippen molar-refractivity contribution in [2.45, 2.75) is 30.0 Å². The molecule has 2 aromatic carbocycles. The second kappa shape index (κ2) is 8.98. The van der Waals surface area contributed by atoms with Crippen molar-refractivity contribution in [3.8, 4) is 5.75 Å². The quantitative estimate of drug-likeness (QED) is 0.774. The van der Waals surface area contributed by atoms with Crippen LogP contribution in [0.1, 0.15) is 30.5 Å². The summed E-state index contributed by atoms with van der Waals surface area (Å²) < 4.78 is 5.16. The van der Waals surface area contributed by atoms with Gasteiger partial charge in [-0.05, 0) is 41.8 Å². The largest absolute Gasteiger partial charge is 0.497 e. The molecule has 0 aliphatic heterocycles. The summed E-state index contributed by atoms with van der Waals surface area (Å²) >= 11 is 1.83. The third-order valence-corrected chi connectivity index (χ3v) is 4.40. The van der Waals surface area contributed by atoms with Gasteiger partial charge in [-0.25, -0.2) is 0 Å². The number of benzene rings is 2. The van der Waals surface area contributed by atoms with Gasteiger partial charge in [0.1, 0.15) is 5.75 Å². The van der Waals surface area contributed by atoms with E-state index in [1.165, 1.54) is 16.0 Å². The maximum atomic E-state index is 6.02. The molecule has 0 aromatic heterocycles. The summed E-state index contributed by atoms with van der Waals surface area (Å²) in [6.07, 6.45) is 0.971. The van der Waals surface area contributed by atoms with Gasteiger partial charge in [0, 0.05) is 16.7 Å². The molecule has 0 amide bonds. The predicted molar refractivity (Wildman–Crippen MR) is 93.5 cm³/mol. The lowest BCUT2D eigenvalue weighted by Crippen LogP contribution is -2.07. The Morgan fingerprint density at radius 3 is 2.19 bits per heavy atom. The molecule has 0 aliphatic rings. The molecule has 0 bridgehead atoms. The summed E-state index contributed by atoms with van der Waals surface area (Å²) in [7, 11) is 1.69. The number of hydrogen-bond donors (Lipinski definition) is 1. The van der Waals surface area contributed by atoms with Gasteiger partial charge in [-0.2, -0.15) is 0 Å². The van der Waals surface area contributed by atoms with E-state index in [4.69, 9.17) is 10.5 Å². The van der Waals surface area contributed by atoms with E-state index in [-0.39, 0.29) is 18.4 Å². The number of ether oxygens (including phenoxy) is 1. The Hall–Kier alpha value is -1.16. The molecule has 0 fully saturated rings. The Bertz CT molecular complexity index is 527. The monoisotopic (exact) mass is 323 g/mol. The van der Waals surface area contributed by atoms with Gasteiger partial charge in [-0.3, -0.25) is 0 Å². The van der Waals surface area contributed by atoms with Gasteiger partial charge in [0.25, 0.3) is 0 Å². The topological polar surface area (TPSA) is 35.2 Å². The lowest BCUT2D eigenvalue weighted by atomic mass is 10.1. The van der Waals surface area contributed by atoms with E-state index in [1.54, 1.807) is 7.11 Å². The van der Waals surface area contributed by atoms with Crippen LogP contribution in [0.4, 0.5) is 0 Å². The molecule has 4 heteroatoms. The molecule has 0 saturated heterocycles. The van der Waals surface area contributed by atoms with E-state index in [9.17, 15) is 0 Å². The molecular weight excluding hydrogens is 302 g/mol. The van der Waals surface area contributed by atoms with E-state index < -0.39 is 0 Å². The SMILES string of the molecule is CCC(N)c1ccc(SCc2ccc(OC)cc2)cc1.Cl. The molecule has 0 spiro atoms. The maximum Gasteiger partial charge on any atom is 0.118 e. The average Bonchev–Trinajstić information content (AvgIpc) is 2.53. The van der Waals surface area contributed by atoms with Crippen molar-refractivity contribution < 1.29 is 4.74 Å². The minimum Gasteiger partial charge on any atom is -0.497 e. The molecule has 21 heavy (non-hydrogen) atoms. The third-order valence-electron chi connectivity index (χ3n) is 3.31. The minimum atomic E-state index is 0. The van der Waals surface area contributed by atoms with Gasteiger partial charge in [0.2, 0.25) is 0 Å². The average molecular weight is 324 g/mol. The molecule has 1 unspecified atom stereocenters. The number of methoxy groups -OCH3 is 1. The summed E-state index contributed by atoms with van der Waals surface area (Å²) in [5, 5.41) is 0. The van der Waals surface area contributed by atoms with Crippen LogP contribution < -0.4 is 10.5 Å². The van der Waals surface area contributed by atoms with E-state index in [0.29, 0.717) is 0 Å². The molecule has 114 valence electrons. The van der Waals surface area contributed by atoms with Gasteiger partial charge in [0.15, 0.2) is 0 Å². The highest BCUT2D eigenvalue weighted by Gasteiger charge is 2.03. The van der Waals surface area contributed by atoms with E-state index in [0.717, 1.165) is 17.9 Å². The van der Waals surface area contributed by atoms with Gasteiger partial charge >= 0.3 is 0 Å². The zero-order valence-corrected chi connectivity index (χ0v) is 14.0. The summed E-state index contributed by atoms with van der Waals surface area (Å²) in [6.45, 7) is 2.11.